The zero-order chi connectivity index (χ0) is 34.5. The van der Waals surface area contributed by atoms with Crippen molar-refractivity contribution in [1.82, 2.24) is 9.80 Å². The lowest BCUT2D eigenvalue weighted by atomic mass is 9.92. The molecule has 0 atom stereocenters. The summed E-state index contributed by atoms with van der Waals surface area (Å²) in [5.74, 6) is 0. The van der Waals surface area contributed by atoms with E-state index in [4.69, 9.17) is 18.9 Å². The Morgan fingerprint density at radius 2 is 0.571 bits per heavy atom. The van der Waals surface area contributed by atoms with Crippen LogP contribution in [0, 0.1) is 5.41 Å². The summed E-state index contributed by atoms with van der Waals surface area (Å²) in [5, 5.41) is 0. The average molecular weight is 744 g/mol. The largest absolute Gasteiger partial charge is 0.381 e. The van der Waals surface area contributed by atoms with Gasteiger partial charge in [-0.05, 0) is 39.0 Å². The molecular weight excluding hydrogens is 655 g/mol. The Hall–Kier alpha value is 0.340. The molecule has 0 bridgehead atoms. The Kier molecular flexibility index (Phi) is 46.8. The first-order valence-corrected chi connectivity index (χ1v) is 20.9. The van der Waals surface area contributed by atoms with E-state index in [9.17, 15) is 0 Å². The normalized spacial score (nSPS) is 11.8. The maximum atomic E-state index is 6.41. The average Bonchev–Trinajstić information content (AvgIpc) is 3.09. The van der Waals surface area contributed by atoms with E-state index in [0.717, 1.165) is 78.5 Å². The fourth-order valence-electron chi connectivity index (χ4n) is 6.25. The Balaban J connectivity index is -0.0000106. The first-order chi connectivity index (χ1) is 23.1. The third kappa shape index (κ3) is 35.2. The number of rotatable bonds is 40. The first kappa shape index (κ1) is 53.7. The number of halogens is 2. The molecule has 0 saturated carbocycles. The Labute approximate surface area is 320 Å². The molecule has 0 amide bonds. The van der Waals surface area contributed by atoms with Gasteiger partial charge in [-0.15, -0.1) is 24.8 Å². The summed E-state index contributed by atoms with van der Waals surface area (Å²) in [6, 6.07) is 0. The van der Waals surface area contributed by atoms with Crippen molar-refractivity contribution < 1.29 is 18.9 Å². The number of unbranched alkanes of at least 4 members (excludes halogenated alkanes) is 18. The minimum atomic E-state index is -0.274. The number of nitrogens with zero attached hydrogens (tertiary/aromatic N) is 2. The highest BCUT2D eigenvalue weighted by atomic mass is 35.5. The lowest BCUT2D eigenvalue weighted by Gasteiger charge is -2.33. The highest BCUT2D eigenvalue weighted by Crippen LogP contribution is 2.22. The predicted octanol–water partition coefficient (Wildman–Crippen LogP) is 11.4. The minimum Gasteiger partial charge on any atom is -0.381 e. The fourth-order valence-corrected chi connectivity index (χ4v) is 6.25. The van der Waals surface area contributed by atoms with Crippen molar-refractivity contribution in [1.29, 1.82) is 0 Å². The molecule has 0 aliphatic rings. The van der Waals surface area contributed by atoms with E-state index in [-0.39, 0.29) is 30.2 Å². The van der Waals surface area contributed by atoms with Crippen molar-refractivity contribution >= 4 is 24.8 Å². The van der Waals surface area contributed by atoms with E-state index in [1.54, 1.807) is 0 Å². The molecule has 0 heterocycles. The van der Waals surface area contributed by atoms with E-state index in [0.29, 0.717) is 26.4 Å². The number of hydrogen-bond donors (Lipinski definition) is 0. The van der Waals surface area contributed by atoms with Gasteiger partial charge in [0, 0.05) is 26.3 Å². The second kappa shape index (κ2) is 42.8. The van der Waals surface area contributed by atoms with E-state index < -0.39 is 0 Å². The Morgan fingerprint density at radius 3 is 0.837 bits per heavy atom. The van der Waals surface area contributed by atoms with Gasteiger partial charge in [0.2, 0.25) is 0 Å². The van der Waals surface area contributed by atoms with Crippen LogP contribution in [0.25, 0.3) is 0 Å². The number of likely N-dealkylation sites (N-methyl/N-ethyl adjacent to an activating group) is 2. The molecule has 0 aromatic heterocycles. The van der Waals surface area contributed by atoms with E-state index >= 15 is 0 Å². The maximum absolute atomic E-state index is 6.41. The van der Waals surface area contributed by atoms with Crippen molar-refractivity contribution in [2.24, 2.45) is 5.41 Å². The molecule has 0 unspecified atom stereocenters. The fraction of sp³-hybridized carbons (Fsp3) is 1.00. The molecule has 0 fully saturated rings. The topological polar surface area (TPSA) is 43.4 Å². The monoisotopic (exact) mass is 743 g/mol. The van der Waals surface area contributed by atoms with Gasteiger partial charge >= 0.3 is 0 Å². The van der Waals surface area contributed by atoms with Crippen molar-refractivity contribution in [3.05, 3.63) is 0 Å². The van der Waals surface area contributed by atoms with Gasteiger partial charge in [0.15, 0.2) is 0 Å². The predicted molar refractivity (Wildman–Crippen MR) is 219 cm³/mol. The molecule has 49 heavy (non-hydrogen) atoms. The van der Waals surface area contributed by atoms with Crippen LogP contribution in [0.2, 0.25) is 0 Å². The quantitative estimate of drug-likeness (QED) is 0.0582. The summed E-state index contributed by atoms with van der Waals surface area (Å²) in [6.45, 7) is 25.3. The minimum absolute atomic E-state index is 0. The highest BCUT2D eigenvalue weighted by molar-refractivity contribution is 5.85. The third-order valence-electron chi connectivity index (χ3n) is 9.81. The van der Waals surface area contributed by atoms with Crippen molar-refractivity contribution in [3.63, 3.8) is 0 Å². The lowest BCUT2D eigenvalue weighted by molar-refractivity contribution is -0.109. The van der Waals surface area contributed by atoms with Gasteiger partial charge in [-0.3, -0.25) is 0 Å². The van der Waals surface area contributed by atoms with Crippen molar-refractivity contribution in [2.75, 3.05) is 92.1 Å². The molecule has 0 rings (SSSR count). The SMILES string of the molecule is CCCCCCCCCCCCOCC(COCCCCCCCCCCCC)(COCCN(CC)CC)COCCN(CC)CC.Cl.Cl. The first-order valence-electron chi connectivity index (χ1n) is 20.9. The number of ether oxygens (including phenoxy) is 4. The van der Waals surface area contributed by atoms with Crippen molar-refractivity contribution in [3.8, 4) is 0 Å². The van der Waals surface area contributed by atoms with Gasteiger partial charge in [0.05, 0.1) is 45.1 Å². The molecule has 6 nitrogen and oxygen atoms in total. The Morgan fingerprint density at radius 1 is 0.327 bits per heavy atom. The molecule has 0 radical (unpaired) electrons. The molecule has 0 aliphatic carbocycles. The van der Waals surface area contributed by atoms with Gasteiger partial charge in [0.1, 0.15) is 0 Å². The van der Waals surface area contributed by atoms with Gasteiger partial charge < -0.3 is 28.7 Å². The van der Waals surface area contributed by atoms with E-state index in [1.807, 2.05) is 0 Å². The summed E-state index contributed by atoms with van der Waals surface area (Å²) in [5.41, 5.74) is -0.274. The van der Waals surface area contributed by atoms with Crippen LogP contribution in [0.15, 0.2) is 0 Å². The molecule has 0 N–H and O–H groups in total. The van der Waals surface area contributed by atoms with Crippen LogP contribution in [-0.4, -0.2) is 102 Å². The van der Waals surface area contributed by atoms with Crippen LogP contribution in [0.5, 0.6) is 0 Å². The van der Waals surface area contributed by atoms with Crippen molar-refractivity contribution in [2.45, 2.75) is 170 Å². The zero-order valence-corrected chi connectivity index (χ0v) is 35.5. The molecule has 8 heteroatoms. The lowest BCUT2D eigenvalue weighted by Crippen LogP contribution is -2.43. The summed E-state index contributed by atoms with van der Waals surface area (Å²) < 4.78 is 25.6. The summed E-state index contributed by atoms with van der Waals surface area (Å²) in [6.07, 6.45) is 26.9. The Bertz CT molecular complexity index is 548. The molecule has 300 valence electrons. The van der Waals surface area contributed by atoms with Gasteiger partial charge in [-0.1, -0.05) is 157 Å². The molecule has 0 spiro atoms. The van der Waals surface area contributed by atoms with Crippen LogP contribution in [0.3, 0.4) is 0 Å². The van der Waals surface area contributed by atoms with Crippen LogP contribution >= 0.6 is 24.8 Å². The van der Waals surface area contributed by atoms with Crippen LogP contribution in [-0.2, 0) is 18.9 Å². The van der Waals surface area contributed by atoms with Gasteiger partial charge in [-0.25, -0.2) is 0 Å². The third-order valence-corrected chi connectivity index (χ3v) is 9.81. The zero-order valence-electron chi connectivity index (χ0n) is 33.9. The standard InChI is InChI=1S/C41H86N2O4.2ClH/c1-7-13-15-17-19-21-23-25-27-29-33-44-37-41(39-46-35-31-42(9-3)10-4,40-47-36-32-43(11-5)12-6)38-45-34-30-28-26-24-22-20-18-16-14-8-2;;/h7-40H2,1-6H3;2*1H. The molecule has 0 aliphatic heterocycles. The summed E-state index contributed by atoms with van der Waals surface area (Å²) in [7, 11) is 0. The second-order valence-corrected chi connectivity index (χ2v) is 14.1. The van der Waals surface area contributed by atoms with Crippen LogP contribution in [0.4, 0.5) is 0 Å². The maximum Gasteiger partial charge on any atom is 0.0637 e. The van der Waals surface area contributed by atoms with Crippen LogP contribution < -0.4 is 0 Å². The summed E-state index contributed by atoms with van der Waals surface area (Å²) >= 11 is 0. The molecular formula is C41H88Cl2N2O4. The van der Waals surface area contributed by atoms with Gasteiger partial charge in [0.25, 0.3) is 0 Å². The van der Waals surface area contributed by atoms with E-state index in [1.165, 1.54) is 116 Å². The smallest absolute Gasteiger partial charge is 0.0637 e. The summed E-state index contributed by atoms with van der Waals surface area (Å²) in [4.78, 5) is 4.84. The molecule has 0 aromatic rings. The molecule has 0 aromatic carbocycles. The highest BCUT2D eigenvalue weighted by Gasteiger charge is 2.32. The van der Waals surface area contributed by atoms with Crippen LogP contribution in [0.1, 0.15) is 170 Å². The number of hydrogen-bond acceptors (Lipinski definition) is 6. The second-order valence-electron chi connectivity index (χ2n) is 14.1. The molecule has 0 saturated heterocycles. The van der Waals surface area contributed by atoms with E-state index in [2.05, 4.69) is 51.3 Å². The van der Waals surface area contributed by atoms with Gasteiger partial charge in [-0.2, -0.15) is 0 Å².